The highest BCUT2D eigenvalue weighted by molar-refractivity contribution is 7.99. The Balaban J connectivity index is 1.49. The monoisotopic (exact) mass is 474 g/mol. The molecule has 3 aromatic rings. The van der Waals surface area contributed by atoms with Gasteiger partial charge in [0.25, 0.3) is 5.91 Å². The summed E-state index contributed by atoms with van der Waals surface area (Å²) in [5.41, 5.74) is 6.00. The molecule has 11 heteroatoms. The Morgan fingerprint density at radius 3 is 2.53 bits per heavy atom. The van der Waals surface area contributed by atoms with E-state index in [1.54, 1.807) is 31.4 Å². The molecule has 9 nitrogen and oxygen atoms in total. The predicted octanol–water partition coefficient (Wildman–Crippen LogP) is 3.13. The minimum Gasteiger partial charge on any atom is -0.497 e. The topological polar surface area (TPSA) is 110 Å². The zero-order valence-corrected chi connectivity index (χ0v) is 19.2. The highest BCUT2D eigenvalue weighted by Crippen LogP contribution is 2.22. The first kappa shape index (κ1) is 23.4. The first-order chi connectivity index (χ1) is 15.5. The van der Waals surface area contributed by atoms with E-state index in [4.69, 9.17) is 16.3 Å². The van der Waals surface area contributed by atoms with E-state index < -0.39 is 5.91 Å². The Hall–Kier alpha value is -3.24. The minimum absolute atomic E-state index is 0.0684. The number of hydrogen-bond acceptors (Lipinski definition) is 7. The molecule has 0 bridgehead atoms. The van der Waals surface area contributed by atoms with Crippen molar-refractivity contribution in [1.29, 1.82) is 0 Å². The lowest BCUT2D eigenvalue weighted by Gasteiger charge is -2.10. The SMILES string of the molecule is CCn1c(CNc2ccccc2Cl)nnc1SCC(=O)NNC(=O)c1ccc(OC)cc1. The van der Waals surface area contributed by atoms with Crippen molar-refractivity contribution in [3.05, 3.63) is 64.9 Å². The summed E-state index contributed by atoms with van der Waals surface area (Å²) in [6, 6.07) is 14.0. The second kappa shape index (κ2) is 11.4. The second-order valence-corrected chi connectivity index (χ2v) is 7.85. The number of benzene rings is 2. The molecule has 0 fully saturated rings. The van der Waals surface area contributed by atoms with Crippen molar-refractivity contribution in [3.8, 4) is 5.75 Å². The van der Waals surface area contributed by atoms with Crippen LogP contribution >= 0.6 is 23.4 Å². The summed E-state index contributed by atoms with van der Waals surface area (Å²) in [6.45, 7) is 3.06. The molecule has 2 amide bonds. The highest BCUT2D eigenvalue weighted by Gasteiger charge is 2.14. The molecule has 1 heterocycles. The lowest BCUT2D eigenvalue weighted by Crippen LogP contribution is -2.42. The van der Waals surface area contributed by atoms with Crippen LogP contribution in [-0.2, 0) is 17.9 Å². The quantitative estimate of drug-likeness (QED) is 0.323. The van der Waals surface area contributed by atoms with Gasteiger partial charge in [-0.25, -0.2) is 0 Å². The molecule has 0 aliphatic rings. The lowest BCUT2D eigenvalue weighted by atomic mass is 10.2. The Morgan fingerprint density at radius 1 is 1.09 bits per heavy atom. The number of nitrogens with one attached hydrogen (secondary N) is 3. The van der Waals surface area contributed by atoms with Gasteiger partial charge in [-0.15, -0.1) is 10.2 Å². The van der Waals surface area contributed by atoms with Gasteiger partial charge in [0.1, 0.15) is 5.75 Å². The van der Waals surface area contributed by atoms with E-state index in [0.29, 0.717) is 34.6 Å². The highest BCUT2D eigenvalue weighted by atomic mass is 35.5. The van der Waals surface area contributed by atoms with Gasteiger partial charge >= 0.3 is 0 Å². The first-order valence-corrected chi connectivity index (χ1v) is 11.1. The number of ether oxygens (including phenoxy) is 1. The number of carbonyl (C=O) groups is 2. The zero-order valence-electron chi connectivity index (χ0n) is 17.6. The van der Waals surface area contributed by atoms with E-state index in [-0.39, 0.29) is 11.7 Å². The van der Waals surface area contributed by atoms with Crippen LogP contribution in [0.4, 0.5) is 5.69 Å². The zero-order chi connectivity index (χ0) is 22.9. The summed E-state index contributed by atoms with van der Waals surface area (Å²) in [5.74, 6) is 0.652. The fourth-order valence-electron chi connectivity index (χ4n) is 2.76. The van der Waals surface area contributed by atoms with Gasteiger partial charge in [0.2, 0.25) is 5.91 Å². The third kappa shape index (κ3) is 6.14. The third-order valence-corrected chi connectivity index (χ3v) is 5.72. The van der Waals surface area contributed by atoms with Gasteiger partial charge in [-0.05, 0) is 43.3 Å². The number of hydrogen-bond donors (Lipinski definition) is 3. The molecule has 0 radical (unpaired) electrons. The van der Waals surface area contributed by atoms with E-state index in [0.717, 1.165) is 11.5 Å². The smallest absolute Gasteiger partial charge is 0.269 e. The third-order valence-electron chi connectivity index (χ3n) is 4.42. The van der Waals surface area contributed by atoms with Gasteiger partial charge in [0.15, 0.2) is 11.0 Å². The van der Waals surface area contributed by atoms with Crippen LogP contribution in [0.5, 0.6) is 5.75 Å². The van der Waals surface area contributed by atoms with Crippen LogP contribution in [-0.4, -0.2) is 39.4 Å². The summed E-state index contributed by atoms with van der Waals surface area (Å²) in [6.07, 6.45) is 0. The molecule has 0 atom stereocenters. The van der Waals surface area contributed by atoms with Gasteiger partial charge in [-0.1, -0.05) is 35.5 Å². The Labute approximate surface area is 194 Å². The molecular formula is C21H23ClN6O3S. The summed E-state index contributed by atoms with van der Waals surface area (Å²) >= 11 is 7.40. The van der Waals surface area contributed by atoms with E-state index in [1.807, 2.05) is 35.8 Å². The van der Waals surface area contributed by atoms with Crippen LogP contribution in [0.2, 0.25) is 5.02 Å². The van der Waals surface area contributed by atoms with Crippen LogP contribution in [0, 0.1) is 0 Å². The predicted molar refractivity (Wildman–Crippen MR) is 124 cm³/mol. The molecule has 2 aromatic carbocycles. The van der Waals surface area contributed by atoms with Crippen molar-refractivity contribution in [2.75, 3.05) is 18.2 Å². The van der Waals surface area contributed by atoms with Crippen LogP contribution in [0.15, 0.2) is 53.7 Å². The number of aromatic nitrogens is 3. The van der Waals surface area contributed by atoms with Crippen molar-refractivity contribution < 1.29 is 14.3 Å². The van der Waals surface area contributed by atoms with Crippen LogP contribution in [0.1, 0.15) is 23.1 Å². The molecule has 0 saturated heterocycles. The summed E-state index contributed by atoms with van der Waals surface area (Å²) < 4.78 is 6.97. The Morgan fingerprint density at radius 2 is 1.84 bits per heavy atom. The van der Waals surface area contributed by atoms with Crippen molar-refractivity contribution >= 4 is 40.9 Å². The number of amides is 2. The van der Waals surface area contributed by atoms with Gasteiger partial charge in [-0.3, -0.25) is 20.4 Å². The standard InChI is InChI=1S/C21H23ClN6O3S/c1-3-28-18(12-23-17-7-5-4-6-16(17)22)24-27-21(28)32-13-19(29)25-26-20(30)14-8-10-15(31-2)11-9-14/h4-11,23H,3,12-13H2,1-2H3,(H,25,29)(H,26,30). The number of carbonyl (C=O) groups excluding carboxylic acids is 2. The van der Waals surface area contributed by atoms with Crippen molar-refractivity contribution in [1.82, 2.24) is 25.6 Å². The normalized spacial score (nSPS) is 10.5. The van der Waals surface area contributed by atoms with Crippen LogP contribution in [0.3, 0.4) is 0 Å². The number of anilines is 1. The van der Waals surface area contributed by atoms with Gasteiger partial charge in [0.05, 0.1) is 30.1 Å². The molecule has 32 heavy (non-hydrogen) atoms. The van der Waals surface area contributed by atoms with Crippen LogP contribution in [0.25, 0.3) is 0 Å². The van der Waals surface area contributed by atoms with Gasteiger partial charge in [0, 0.05) is 12.1 Å². The van der Waals surface area contributed by atoms with E-state index in [9.17, 15) is 9.59 Å². The maximum atomic E-state index is 12.2. The fourth-order valence-corrected chi connectivity index (χ4v) is 3.78. The van der Waals surface area contributed by atoms with E-state index >= 15 is 0 Å². The summed E-state index contributed by atoms with van der Waals surface area (Å²) in [7, 11) is 1.55. The molecule has 0 aliphatic carbocycles. The molecule has 0 spiro atoms. The molecular weight excluding hydrogens is 452 g/mol. The second-order valence-electron chi connectivity index (χ2n) is 6.50. The largest absolute Gasteiger partial charge is 0.497 e. The maximum Gasteiger partial charge on any atom is 0.269 e. The Bertz CT molecular complexity index is 1070. The van der Waals surface area contributed by atoms with Crippen molar-refractivity contribution in [3.63, 3.8) is 0 Å². The van der Waals surface area contributed by atoms with Crippen LogP contribution < -0.4 is 20.9 Å². The van der Waals surface area contributed by atoms with Gasteiger partial charge < -0.3 is 14.6 Å². The van der Waals surface area contributed by atoms with Gasteiger partial charge in [-0.2, -0.15) is 0 Å². The Kier molecular flexibility index (Phi) is 8.34. The minimum atomic E-state index is -0.421. The van der Waals surface area contributed by atoms with Crippen molar-refractivity contribution in [2.45, 2.75) is 25.2 Å². The number of nitrogens with zero attached hydrogens (tertiary/aromatic N) is 3. The molecule has 168 valence electrons. The number of halogens is 1. The number of hydrazine groups is 1. The molecule has 0 aliphatic heterocycles. The number of para-hydroxylation sites is 1. The lowest BCUT2D eigenvalue weighted by molar-refractivity contribution is -0.119. The summed E-state index contributed by atoms with van der Waals surface area (Å²) in [5, 5.41) is 12.9. The maximum absolute atomic E-state index is 12.2. The molecule has 0 unspecified atom stereocenters. The first-order valence-electron chi connectivity index (χ1n) is 9.78. The number of thioether (sulfide) groups is 1. The fraction of sp³-hybridized carbons (Fsp3) is 0.238. The average Bonchev–Trinajstić information content (AvgIpc) is 3.22. The van der Waals surface area contributed by atoms with Crippen molar-refractivity contribution in [2.24, 2.45) is 0 Å². The summed E-state index contributed by atoms with van der Waals surface area (Å²) in [4.78, 5) is 24.3. The average molecular weight is 475 g/mol. The molecule has 0 saturated carbocycles. The van der Waals surface area contributed by atoms with E-state index in [1.165, 1.54) is 11.8 Å². The van der Waals surface area contributed by atoms with E-state index in [2.05, 4.69) is 26.4 Å². The molecule has 1 aromatic heterocycles. The number of methoxy groups -OCH3 is 1. The number of rotatable bonds is 9. The molecule has 3 rings (SSSR count). The molecule has 3 N–H and O–H groups in total.